The number of para-hydroxylation sites is 1. The van der Waals surface area contributed by atoms with Gasteiger partial charge in [-0.1, -0.05) is 19.1 Å². The van der Waals surface area contributed by atoms with Gasteiger partial charge in [0.2, 0.25) is 0 Å². The largest absolute Gasteiger partial charge is 0.487 e. The van der Waals surface area contributed by atoms with Crippen molar-refractivity contribution in [1.82, 2.24) is 0 Å². The molecule has 0 bridgehead atoms. The van der Waals surface area contributed by atoms with E-state index < -0.39 is 11.4 Å². The van der Waals surface area contributed by atoms with E-state index in [4.69, 9.17) is 10.5 Å². The number of aliphatic hydroxyl groups is 1. The molecule has 0 aliphatic carbocycles. The molecule has 1 aromatic rings. The number of ether oxygens (including phenoxy) is 1. The Morgan fingerprint density at radius 1 is 1.50 bits per heavy atom. The lowest BCUT2D eigenvalue weighted by Crippen LogP contribution is -2.31. The average molecular weight is 227 g/mol. The Kier molecular flexibility index (Phi) is 4.26. The first-order valence-electron chi connectivity index (χ1n) is 5.33. The average Bonchev–Trinajstić information content (AvgIpc) is 2.27. The van der Waals surface area contributed by atoms with Crippen molar-refractivity contribution in [1.29, 1.82) is 0 Å². The van der Waals surface area contributed by atoms with Gasteiger partial charge in [-0.2, -0.15) is 0 Å². The quantitative estimate of drug-likeness (QED) is 0.806. The molecular weight excluding hydrogens is 209 g/mol. The zero-order valence-electron chi connectivity index (χ0n) is 9.66. The second kappa shape index (κ2) is 5.27. The summed E-state index contributed by atoms with van der Waals surface area (Å²) >= 11 is 0. The maximum Gasteiger partial charge on any atom is 0.165 e. The maximum absolute atomic E-state index is 13.5. The highest BCUT2D eigenvalue weighted by molar-refractivity contribution is 5.34. The van der Waals surface area contributed by atoms with E-state index >= 15 is 0 Å². The predicted molar refractivity (Wildman–Crippen MR) is 60.7 cm³/mol. The first-order chi connectivity index (χ1) is 7.50. The number of nitrogens with two attached hydrogens (primary N) is 1. The van der Waals surface area contributed by atoms with Crippen LogP contribution in [-0.2, 0) is 6.54 Å². The van der Waals surface area contributed by atoms with Crippen LogP contribution in [0.3, 0.4) is 0 Å². The van der Waals surface area contributed by atoms with Gasteiger partial charge < -0.3 is 15.6 Å². The van der Waals surface area contributed by atoms with E-state index in [1.54, 1.807) is 19.1 Å². The first-order valence-corrected chi connectivity index (χ1v) is 5.33. The van der Waals surface area contributed by atoms with Gasteiger partial charge >= 0.3 is 0 Å². The number of halogens is 1. The van der Waals surface area contributed by atoms with Crippen molar-refractivity contribution >= 4 is 0 Å². The Balaban J connectivity index is 2.80. The molecule has 90 valence electrons. The van der Waals surface area contributed by atoms with Crippen molar-refractivity contribution in [3.05, 3.63) is 29.6 Å². The van der Waals surface area contributed by atoms with Gasteiger partial charge in [0.25, 0.3) is 0 Å². The van der Waals surface area contributed by atoms with Crippen molar-refractivity contribution in [3.8, 4) is 5.75 Å². The topological polar surface area (TPSA) is 55.5 Å². The lowest BCUT2D eigenvalue weighted by Gasteiger charge is -2.22. The van der Waals surface area contributed by atoms with Crippen LogP contribution in [0.15, 0.2) is 18.2 Å². The second-order valence-corrected chi connectivity index (χ2v) is 4.07. The van der Waals surface area contributed by atoms with Crippen LogP contribution >= 0.6 is 0 Å². The van der Waals surface area contributed by atoms with E-state index in [2.05, 4.69) is 0 Å². The van der Waals surface area contributed by atoms with Gasteiger partial charge in [0.15, 0.2) is 11.6 Å². The molecule has 0 saturated carbocycles. The lowest BCUT2D eigenvalue weighted by molar-refractivity contribution is 0.00704. The Hall–Kier alpha value is -1.13. The fourth-order valence-electron chi connectivity index (χ4n) is 1.21. The van der Waals surface area contributed by atoms with Gasteiger partial charge in [-0.25, -0.2) is 4.39 Å². The van der Waals surface area contributed by atoms with Gasteiger partial charge in [0.1, 0.15) is 6.61 Å². The molecule has 0 aliphatic heterocycles. The highest BCUT2D eigenvalue weighted by Gasteiger charge is 2.20. The minimum Gasteiger partial charge on any atom is -0.487 e. The van der Waals surface area contributed by atoms with Crippen LogP contribution in [0.5, 0.6) is 5.75 Å². The molecular formula is C12H18FNO2. The SMILES string of the molecule is CCC(C)(O)COc1c(F)cccc1CN. The summed E-state index contributed by atoms with van der Waals surface area (Å²) in [6.45, 7) is 3.75. The number of rotatable bonds is 5. The first kappa shape index (κ1) is 12.9. The number of hydrogen-bond acceptors (Lipinski definition) is 3. The Labute approximate surface area is 95.0 Å². The van der Waals surface area contributed by atoms with Crippen LogP contribution in [0.4, 0.5) is 4.39 Å². The van der Waals surface area contributed by atoms with Crippen LogP contribution in [0.2, 0.25) is 0 Å². The predicted octanol–water partition coefficient (Wildman–Crippen LogP) is 1.82. The summed E-state index contributed by atoms with van der Waals surface area (Å²) in [5.41, 5.74) is 5.14. The minimum atomic E-state index is -0.950. The fourth-order valence-corrected chi connectivity index (χ4v) is 1.21. The zero-order chi connectivity index (χ0) is 12.2. The second-order valence-electron chi connectivity index (χ2n) is 4.07. The maximum atomic E-state index is 13.5. The van der Waals surface area contributed by atoms with Crippen LogP contribution in [0.1, 0.15) is 25.8 Å². The van der Waals surface area contributed by atoms with Crippen molar-refractivity contribution in [2.45, 2.75) is 32.4 Å². The molecule has 0 spiro atoms. The summed E-state index contributed by atoms with van der Waals surface area (Å²) in [5.74, 6) is -0.312. The summed E-state index contributed by atoms with van der Waals surface area (Å²) in [7, 11) is 0. The molecule has 16 heavy (non-hydrogen) atoms. The third-order valence-electron chi connectivity index (χ3n) is 2.56. The Bertz CT molecular complexity index is 353. The molecule has 3 N–H and O–H groups in total. The monoisotopic (exact) mass is 227 g/mol. The summed E-state index contributed by atoms with van der Waals surface area (Å²) in [6.07, 6.45) is 0.541. The Morgan fingerprint density at radius 2 is 2.19 bits per heavy atom. The van der Waals surface area contributed by atoms with Crippen LogP contribution in [0.25, 0.3) is 0 Å². The third-order valence-corrected chi connectivity index (χ3v) is 2.56. The summed E-state index contributed by atoms with van der Waals surface area (Å²) in [4.78, 5) is 0. The number of benzene rings is 1. The van der Waals surface area contributed by atoms with Gasteiger partial charge in [-0.15, -0.1) is 0 Å². The normalized spacial score (nSPS) is 14.6. The summed E-state index contributed by atoms with van der Waals surface area (Å²) in [6, 6.07) is 4.61. The van der Waals surface area contributed by atoms with Crippen LogP contribution in [0, 0.1) is 5.82 Å². The molecule has 1 aromatic carbocycles. The standard InChI is InChI=1S/C12H18FNO2/c1-3-12(2,15)8-16-11-9(7-14)5-4-6-10(11)13/h4-6,15H,3,7-8,14H2,1-2H3. The Morgan fingerprint density at radius 3 is 2.75 bits per heavy atom. The van der Waals surface area contributed by atoms with Crippen molar-refractivity contribution in [3.63, 3.8) is 0 Å². The number of hydrogen-bond donors (Lipinski definition) is 2. The van der Waals surface area contributed by atoms with Gasteiger partial charge in [0.05, 0.1) is 5.60 Å². The van der Waals surface area contributed by atoms with Gasteiger partial charge in [-0.05, 0) is 19.4 Å². The van der Waals surface area contributed by atoms with E-state index in [9.17, 15) is 9.50 Å². The molecule has 1 atom stereocenters. The van der Waals surface area contributed by atoms with E-state index in [1.165, 1.54) is 6.07 Å². The highest BCUT2D eigenvalue weighted by Crippen LogP contribution is 2.23. The summed E-state index contributed by atoms with van der Waals surface area (Å²) in [5, 5.41) is 9.76. The van der Waals surface area contributed by atoms with Crippen LogP contribution < -0.4 is 10.5 Å². The molecule has 1 unspecified atom stereocenters. The van der Waals surface area contributed by atoms with Crippen molar-refractivity contribution in [2.24, 2.45) is 5.73 Å². The molecule has 0 aromatic heterocycles. The van der Waals surface area contributed by atoms with E-state index in [0.717, 1.165) is 0 Å². The smallest absolute Gasteiger partial charge is 0.165 e. The van der Waals surface area contributed by atoms with E-state index in [1.807, 2.05) is 6.92 Å². The molecule has 1 rings (SSSR count). The van der Waals surface area contributed by atoms with Crippen LogP contribution in [-0.4, -0.2) is 17.3 Å². The summed E-state index contributed by atoms with van der Waals surface area (Å²) < 4.78 is 18.8. The molecule has 4 heteroatoms. The lowest BCUT2D eigenvalue weighted by atomic mass is 10.1. The van der Waals surface area contributed by atoms with E-state index in [-0.39, 0.29) is 18.9 Å². The molecule has 0 aliphatic rings. The third kappa shape index (κ3) is 3.18. The zero-order valence-corrected chi connectivity index (χ0v) is 9.66. The fraction of sp³-hybridized carbons (Fsp3) is 0.500. The van der Waals surface area contributed by atoms with Crippen molar-refractivity contribution < 1.29 is 14.2 Å². The molecule has 3 nitrogen and oxygen atoms in total. The highest BCUT2D eigenvalue weighted by atomic mass is 19.1. The molecule has 0 radical (unpaired) electrons. The van der Waals surface area contributed by atoms with Gasteiger partial charge in [-0.3, -0.25) is 0 Å². The minimum absolute atomic E-state index is 0.0530. The molecule has 0 fully saturated rings. The molecule has 0 saturated heterocycles. The molecule has 0 amide bonds. The van der Waals surface area contributed by atoms with E-state index in [0.29, 0.717) is 12.0 Å². The van der Waals surface area contributed by atoms with Crippen molar-refractivity contribution in [2.75, 3.05) is 6.61 Å². The molecule has 0 heterocycles. The van der Waals surface area contributed by atoms with Gasteiger partial charge in [0, 0.05) is 12.1 Å².